The number of nitrogens with one attached hydrogen (secondary N) is 1. The molecule has 0 bridgehead atoms. The van der Waals surface area contributed by atoms with Gasteiger partial charge in [-0.25, -0.2) is 0 Å². The monoisotopic (exact) mass is 380 g/mol. The van der Waals surface area contributed by atoms with Crippen LogP contribution in [-0.4, -0.2) is 29.5 Å². The van der Waals surface area contributed by atoms with Crippen LogP contribution < -0.4 is 0 Å². The van der Waals surface area contributed by atoms with Crippen LogP contribution in [0.2, 0.25) is 0 Å². The number of aromatic amines is 1. The zero-order chi connectivity index (χ0) is 19.0. The van der Waals surface area contributed by atoms with Gasteiger partial charge in [0.25, 0.3) is 0 Å². The number of fused-ring (bicyclic) bond motifs is 1. The molecule has 0 atom stereocenters. The lowest BCUT2D eigenvalue weighted by Gasteiger charge is -2.29. The third-order valence-electron chi connectivity index (χ3n) is 7.53. The number of rotatable bonds is 9. The first kappa shape index (κ1) is 20.0. The molecule has 0 saturated heterocycles. The summed E-state index contributed by atoms with van der Waals surface area (Å²) >= 11 is 0. The minimum absolute atomic E-state index is 0.999. The van der Waals surface area contributed by atoms with E-state index in [1.165, 1.54) is 120 Å². The van der Waals surface area contributed by atoms with Crippen LogP contribution in [-0.2, 0) is 6.42 Å². The van der Waals surface area contributed by atoms with E-state index in [1.807, 2.05) is 0 Å². The first-order valence-electron chi connectivity index (χ1n) is 12.2. The van der Waals surface area contributed by atoms with E-state index in [1.54, 1.807) is 0 Å². The molecule has 154 valence electrons. The second kappa shape index (κ2) is 10.5. The fraction of sp³-hybridized carbons (Fsp3) is 0.692. The molecule has 0 amide bonds. The van der Waals surface area contributed by atoms with Crippen LogP contribution in [0.1, 0.15) is 82.6 Å². The molecule has 2 saturated carbocycles. The summed E-state index contributed by atoms with van der Waals surface area (Å²) < 4.78 is 0. The highest BCUT2D eigenvalue weighted by molar-refractivity contribution is 5.83. The molecule has 2 nitrogen and oxygen atoms in total. The Hall–Kier alpha value is -1.28. The summed E-state index contributed by atoms with van der Waals surface area (Å²) in [5.74, 6) is 2.00. The molecular formula is C26H40N2. The molecule has 1 N–H and O–H groups in total. The first-order valence-corrected chi connectivity index (χ1v) is 12.2. The highest BCUT2D eigenvalue weighted by Gasteiger charge is 2.18. The SMILES string of the molecule is c1ccc2c(CCN(CCC3CCCCC3)CCC3CCCCC3)c[nH]c2c1. The maximum atomic E-state index is 3.46. The summed E-state index contributed by atoms with van der Waals surface area (Å²) in [4.78, 5) is 6.27. The maximum absolute atomic E-state index is 3.46. The van der Waals surface area contributed by atoms with Crippen molar-refractivity contribution in [2.75, 3.05) is 19.6 Å². The Labute approximate surface area is 172 Å². The molecule has 2 fully saturated rings. The van der Waals surface area contributed by atoms with Gasteiger partial charge in [-0.15, -0.1) is 0 Å². The molecule has 4 rings (SSSR count). The molecule has 28 heavy (non-hydrogen) atoms. The lowest BCUT2D eigenvalue weighted by molar-refractivity contribution is 0.208. The molecule has 0 aliphatic heterocycles. The molecule has 0 radical (unpaired) electrons. The average molecular weight is 381 g/mol. The molecule has 1 aromatic carbocycles. The predicted octanol–water partition coefficient (Wildman–Crippen LogP) is 6.95. The van der Waals surface area contributed by atoms with E-state index < -0.39 is 0 Å². The van der Waals surface area contributed by atoms with E-state index in [2.05, 4.69) is 40.3 Å². The van der Waals surface area contributed by atoms with Crippen molar-refractivity contribution >= 4 is 10.9 Å². The van der Waals surface area contributed by atoms with Crippen molar-refractivity contribution in [2.45, 2.75) is 83.5 Å². The Morgan fingerprint density at radius 2 is 1.36 bits per heavy atom. The number of hydrogen-bond acceptors (Lipinski definition) is 1. The highest BCUT2D eigenvalue weighted by Crippen LogP contribution is 2.28. The van der Waals surface area contributed by atoms with E-state index in [4.69, 9.17) is 0 Å². The van der Waals surface area contributed by atoms with Crippen molar-refractivity contribution in [3.8, 4) is 0 Å². The minimum Gasteiger partial charge on any atom is -0.361 e. The molecule has 2 aromatic rings. The Kier molecular flexibility index (Phi) is 7.49. The van der Waals surface area contributed by atoms with Gasteiger partial charge in [-0.05, 0) is 55.8 Å². The number of nitrogens with zero attached hydrogens (tertiary/aromatic N) is 1. The van der Waals surface area contributed by atoms with Gasteiger partial charge in [0.15, 0.2) is 0 Å². The Balaban J connectivity index is 1.32. The van der Waals surface area contributed by atoms with E-state index in [0.717, 1.165) is 11.8 Å². The minimum atomic E-state index is 0.999. The maximum Gasteiger partial charge on any atom is 0.0456 e. The average Bonchev–Trinajstić information content (AvgIpc) is 3.18. The zero-order valence-electron chi connectivity index (χ0n) is 17.8. The van der Waals surface area contributed by atoms with Crippen molar-refractivity contribution < 1.29 is 0 Å². The van der Waals surface area contributed by atoms with E-state index in [-0.39, 0.29) is 0 Å². The molecule has 2 aliphatic carbocycles. The molecule has 0 unspecified atom stereocenters. The van der Waals surface area contributed by atoms with Crippen molar-refractivity contribution in [3.05, 3.63) is 36.0 Å². The van der Waals surface area contributed by atoms with Crippen LogP contribution >= 0.6 is 0 Å². The number of benzene rings is 1. The van der Waals surface area contributed by atoms with E-state index in [9.17, 15) is 0 Å². The van der Waals surface area contributed by atoms with Gasteiger partial charge in [-0.2, -0.15) is 0 Å². The van der Waals surface area contributed by atoms with Gasteiger partial charge < -0.3 is 9.88 Å². The van der Waals surface area contributed by atoms with Crippen LogP contribution in [0.3, 0.4) is 0 Å². The van der Waals surface area contributed by atoms with Gasteiger partial charge in [-0.3, -0.25) is 0 Å². The van der Waals surface area contributed by atoms with Gasteiger partial charge >= 0.3 is 0 Å². The third kappa shape index (κ3) is 5.63. The largest absolute Gasteiger partial charge is 0.361 e. The van der Waals surface area contributed by atoms with E-state index >= 15 is 0 Å². The number of H-pyrrole nitrogens is 1. The number of para-hydroxylation sites is 1. The Bertz CT molecular complexity index is 669. The third-order valence-corrected chi connectivity index (χ3v) is 7.53. The first-order chi connectivity index (χ1) is 13.9. The summed E-state index contributed by atoms with van der Waals surface area (Å²) in [6.45, 7) is 3.86. The van der Waals surface area contributed by atoms with Crippen LogP contribution in [0, 0.1) is 11.8 Å². The second-order valence-corrected chi connectivity index (χ2v) is 9.54. The van der Waals surface area contributed by atoms with Crippen molar-refractivity contribution in [1.29, 1.82) is 0 Å². The van der Waals surface area contributed by atoms with Gasteiger partial charge in [0.1, 0.15) is 0 Å². The van der Waals surface area contributed by atoms with Gasteiger partial charge in [-0.1, -0.05) is 82.4 Å². The highest BCUT2D eigenvalue weighted by atomic mass is 15.1. The van der Waals surface area contributed by atoms with E-state index in [0.29, 0.717) is 0 Å². The summed E-state index contributed by atoms with van der Waals surface area (Å²) in [5, 5.41) is 1.42. The number of hydrogen-bond donors (Lipinski definition) is 1. The zero-order valence-corrected chi connectivity index (χ0v) is 17.8. The normalized spacial score (nSPS) is 19.6. The quantitative estimate of drug-likeness (QED) is 0.498. The van der Waals surface area contributed by atoms with Crippen LogP contribution in [0.15, 0.2) is 30.5 Å². The smallest absolute Gasteiger partial charge is 0.0456 e. The van der Waals surface area contributed by atoms with Crippen molar-refractivity contribution in [2.24, 2.45) is 11.8 Å². The van der Waals surface area contributed by atoms with Gasteiger partial charge in [0.2, 0.25) is 0 Å². The fourth-order valence-corrected chi connectivity index (χ4v) is 5.63. The fourth-order valence-electron chi connectivity index (χ4n) is 5.63. The molecule has 2 heteroatoms. The van der Waals surface area contributed by atoms with Crippen LogP contribution in [0.25, 0.3) is 10.9 Å². The van der Waals surface area contributed by atoms with Crippen molar-refractivity contribution in [3.63, 3.8) is 0 Å². The summed E-state index contributed by atoms with van der Waals surface area (Å²) in [6.07, 6.45) is 21.1. The lowest BCUT2D eigenvalue weighted by atomic mass is 9.86. The summed E-state index contributed by atoms with van der Waals surface area (Å²) in [5.41, 5.74) is 2.78. The Morgan fingerprint density at radius 3 is 2.00 bits per heavy atom. The molecule has 0 spiro atoms. The van der Waals surface area contributed by atoms with Crippen molar-refractivity contribution in [1.82, 2.24) is 9.88 Å². The molecular weight excluding hydrogens is 340 g/mol. The molecule has 1 aromatic heterocycles. The Morgan fingerprint density at radius 1 is 0.750 bits per heavy atom. The van der Waals surface area contributed by atoms with Crippen LogP contribution in [0.5, 0.6) is 0 Å². The molecule has 2 aliphatic rings. The summed E-state index contributed by atoms with van der Waals surface area (Å²) in [7, 11) is 0. The van der Waals surface area contributed by atoms with Gasteiger partial charge in [0, 0.05) is 23.6 Å². The van der Waals surface area contributed by atoms with Gasteiger partial charge in [0.05, 0.1) is 0 Å². The van der Waals surface area contributed by atoms with Crippen LogP contribution in [0.4, 0.5) is 0 Å². The second-order valence-electron chi connectivity index (χ2n) is 9.54. The lowest BCUT2D eigenvalue weighted by Crippen LogP contribution is -2.31. The number of aromatic nitrogens is 1. The summed E-state index contributed by atoms with van der Waals surface area (Å²) in [6, 6.07) is 8.77. The topological polar surface area (TPSA) is 19.0 Å². The molecule has 1 heterocycles. The predicted molar refractivity (Wildman–Crippen MR) is 121 cm³/mol. The standard InChI is InChI=1S/C26H40N2/c1-3-9-22(10-4-1)15-18-28(19-16-23-11-5-2-6-12-23)20-17-24-21-27-26-14-8-7-13-25(24)26/h7-8,13-14,21-23,27H,1-6,9-12,15-20H2.